The highest BCUT2D eigenvalue weighted by atomic mass is 15.2. The Labute approximate surface area is 99.4 Å². The fourth-order valence-electron chi connectivity index (χ4n) is 2.82. The molecule has 0 saturated carbocycles. The van der Waals surface area contributed by atoms with Crippen LogP contribution in [0.5, 0.6) is 0 Å². The van der Waals surface area contributed by atoms with E-state index in [4.69, 9.17) is 0 Å². The summed E-state index contributed by atoms with van der Waals surface area (Å²) < 4.78 is 0. The van der Waals surface area contributed by atoms with Crippen LogP contribution in [-0.2, 0) is 0 Å². The molecule has 2 aliphatic heterocycles. The molecule has 2 nitrogen and oxygen atoms in total. The monoisotopic (exact) mass is 220 g/mol. The Hall–Kier alpha value is -0.760. The summed E-state index contributed by atoms with van der Waals surface area (Å²) in [6.45, 7) is 10.2. The van der Waals surface area contributed by atoms with Crippen LogP contribution in [0.25, 0.3) is 0 Å². The lowest BCUT2D eigenvalue weighted by molar-refractivity contribution is 0.326. The topological polar surface area (TPSA) is 15.3 Å². The zero-order valence-electron chi connectivity index (χ0n) is 10.7. The predicted octanol–water partition coefficient (Wildman–Crippen LogP) is 2.40. The minimum absolute atomic E-state index is 0.634. The minimum Gasteiger partial charge on any atom is -0.367 e. The van der Waals surface area contributed by atoms with E-state index in [2.05, 4.69) is 49.2 Å². The second kappa shape index (κ2) is 5.05. The molecule has 2 heteroatoms. The van der Waals surface area contributed by atoms with Gasteiger partial charge in [-0.1, -0.05) is 26.0 Å². The van der Waals surface area contributed by atoms with E-state index in [1.54, 1.807) is 0 Å². The average Bonchev–Trinajstić information content (AvgIpc) is 2.81. The number of allylic oxidation sites excluding steroid dienone is 3. The van der Waals surface area contributed by atoms with Crippen LogP contribution in [0.1, 0.15) is 27.2 Å². The molecule has 0 spiro atoms. The molecule has 1 N–H and O–H groups in total. The number of rotatable bonds is 3. The molecule has 2 heterocycles. The van der Waals surface area contributed by atoms with Gasteiger partial charge in [-0.25, -0.2) is 0 Å². The molecule has 0 aromatic carbocycles. The van der Waals surface area contributed by atoms with Crippen LogP contribution >= 0.6 is 0 Å². The summed E-state index contributed by atoms with van der Waals surface area (Å²) in [5.74, 6) is 1.51. The van der Waals surface area contributed by atoms with Crippen molar-refractivity contribution in [1.29, 1.82) is 0 Å². The van der Waals surface area contributed by atoms with Crippen molar-refractivity contribution in [2.24, 2.45) is 11.8 Å². The number of nitrogens with one attached hydrogen (secondary N) is 1. The fraction of sp³-hybridized carbons (Fsp3) is 0.714. The van der Waals surface area contributed by atoms with Gasteiger partial charge in [-0.2, -0.15) is 0 Å². The highest BCUT2D eigenvalue weighted by molar-refractivity contribution is 5.20. The first-order valence-corrected chi connectivity index (χ1v) is 6.54. The van der Waals surface area contributed by atoms with Crippen molar-refractivity contribution in [3.63, 3.8) is 0 Å². The van der Waals surface area contributed by atoms with Crippen LogP contribution in [0.3, 0.4) is 0 Å². The first kappa shape index (κ1) is 11.7. The zero-order valence-corrected chi connectivity index (χ0v) is 10.7. The largest absolute Gasteiger partial charge is 0.367 e. The summed E-state index contributed by atoms with van der Waals surface area (Å²) in [6, 6.07) is 0.739. The molecule has 16 heavy (non-hydrogen) atoms. The Balaban J connectivity index is 2.05. The molecule has 2 saturated heterocycles. The van der Waals surface area contributed by atoms with Crippen molar-refractivity contribution in [3.8, 4) is 0 Å². The lowest BCUT2D eigenvalue weighted by Crippen LogP contribution is -2.32. The van der Waals surface area contributed by atoms with E-state index in [9.17, 15) is 0 Å². The van der Waals surface area contributed by atoms with E-state index in [0.29, 0.717) is 5.92 Å². The number of hydrogen-bond donors (Lipinski definition) is 1. The fourth-order valence-corrected chi connectivity index (χ4v) is 2.82. The summed E-state index contributed by atoms with van der Waals surface area (Å²) in [6.07, 6.45) is 8.19. The summed E-state index contributed by atoms with van der Waals surface area (Å²) in [7, 11) is 0. The Morgan fingerprint density at radius 3 is 2.88 bits per heavy atom. The smallest absolute Gasteiger partial charge is 0.0455 e. The Morgan fingerprint density at radius 2 is 2.19 bits per heavy atom. The first-order chi connectivity index (χ1) is 7.72. The Bertz CT molecular complexity index is 291. The van der Waals surface area contributed by atoms with Gasteiger partial charge in [-0.05, 0) is 31.3 Å². The van der Waals surface area contributed by atoms with E-state index in [0.717, 1.165) is 18.5 Å². The molecule has 0 unspecified atom stereocenters. The second-order valence-electron chi connectivity index (χ2n) is 5.28. The number of likely N-dealkylation sites (tertiary alicyclic amines) is 1. The molecule has 2 atom stereocenters. The average molecular weight is 220 g/mol. The molecule has 0 aliphatic carbocycles. The van der Waals surface area contributed by atoms with E-state index < -0.39 is 0 Å². The van der Waals surface area contributed by atoms with E-state index in [-0.39, 0.29) is 0 Å². The van der Waals surface area contributed by atoms with Gasteiger partial charge in [0, 0.05) is 31.4 Å². The van der Waals surface area contributed by atoms with Gasteiger partial charge in [0.15, 0.2) is 0 Å². The molecule has 0 bridgehead atoms. The van der Waals surface area contributed by atoms with Gasteiger partial charge in [0.1, 0.15) is 0 Å². The van der Waals surface area contributed by atoms with E-state index in [1.165, 1.54) is 25.2 Å². The van der Waals surface area contributed by atoms with Gasteiger partial charge >= 0.3 is 0 Å². The molecule has 2 fully saturated rings. The summed E-state index contributed by atoms with van der Waals surface area (Å²) >= 11 is 0. The van der Waals surface area contributed by atoms with Gasteiger partial charge < -0.3 is 10.2 Å². The molecular formula is C14H24N2. The van der Waals surface area contributed by atoms with Gasteiger partial charge in [0.25, 0.3) is 0 Å². The van der Waals surface area contributed by atoms with Crippen LogP contribution in [0.4, 0.5) is 0 Å². The maximum absolute atomic E-state index is 3.51. The molecule has 2 rings (SSSR count). The number of nitrogens with zero attached hydrogens (tertiary/aromatic N) is 1. The van der Waals surface area contributed by atoms with Crippen molar-refractivity contribution in [2.75, 3.05) is 19.6 Å². The van der Waals surface area contributed by atoms with Crippen LogP contribution in [0.2, 0.25) is 0 Å². The van der Waals surface area contributed by atoms with E-state index >= 15 is 0 Å². The maximum Gasteiger partial charge on any atom is 0.0455 e. The quantitative estimate of drug-likeness (QED) is 0.735. The Kier molecular flexibility index (Phi) is 3.70. The third-order valence-corrected chi connectivity index (χ3v) is 3.72. The number of hydrogen-bond acceptors (Lipinski definition) is 2. The van der Waals surface area contributed by atoms with Gasteiger partial charge in [0.05, 0.1) is 0 Å². The molecular weight excluding hydrogens is 196 g/mol. The molecule has 0 radical (unpaired) electrons. The SMILES string of the molecule is C/C=C(\C=C/C(C)C)N1CC[C@@H]2CNC[C@@H]21. The zero-order chi connectivity index (χ0) is 11.5. The van der Waals surface area contributed by atoms with Crippen molar-refractivity contribution in [2.45, 2.75) is 33.2 Å². The van der Waals surface area contributed by atoms with Gasteiger partial charge in [0.2, 0.25) is 0 Å². The van der Waals surface area contributed by atoms with Crippen LogP contribution in [0.15, 0.2) is 23.9 Å². The van der Waals surface area contributed by atoms with Crippen LogP contribution < -0.4 is 5.32 Å². The van der Waals surface area contributed by atoms with Gasteiger partial charge in [-0.15, -0.1) is 0 Å². The third-order valence-electron chi connectivity index (χ3n) is 3.72. The molecule has 0 amide bonds. The molecule has 2 aliphatic rings. The van der Waals surface area contributed by atoms with Crippen LogP contribution in [0, 0.1) is 11.8 Å². The predicted molar refractivity (Wildman–Crippen MR) is 69.2 cm³/mol. The summed E-state index contributed by atoms with van der Waals surface area (Å²) in [5, 5.41) is 3.51. The summed E-state index contributed by atoms with van der Waals surface area (Å²) in [5.41, 5.74) is 1.41. The normalized spacial score (nSPS) is 30.8. The highest BCUT2D eigenvalue weighted by Crippen LogP contribution is 2.30. The maximum atomic E-state index is 3.51. The standard InChI is InChI=1S/C14H24N2/c1-4-13(6-5-11(2)3)16-8-7-12-9-15-10-14(12)16/h4-6,11-12,14-15H,7-10H2,1-3H3/b6-5-,13-4+/t12-,14+/m1/s1. The van der Waals surface area contributed by atoms with Crippen molar-refractivity contribution in [3.05, 3.63) is 23.9 Å². The first-order valence-electron chi connectivity index (χ1n) is 6.54. The second-order valence-corrected chi connectivity index (χ2v) is 5.28. The lowest BCUT2D eigenvalue weighted by atomic mass is 10.0. The third kappa shape index (κ3) is 2.32. The highest BCUT2D eigenvalue weighted by Gasteiger charge is 2.37. The van der Waals surface area contributed by atoms with Gasteiger partial charge in [-0.3, -0.25) is 0 Å². The van der Waals surface area contributed by atoms with Crippen molar-refractivity contribution >= 4 is 0 Å². The summed E-state index contributed by atoms with van der Waals surface area (Å²) in [4.78, 5) is 2.59. The minimum atomic E-state index is 0.634. The van der Waals surface area contributed by atoms with Crippen molar-refractivity contribution in [1.82, 2.24) is 10.2 Å². The lowest BCUT2D eigenvalue weighted by Gasteiger charge is -2.26. The van der Waals surface area contributed by atoms with Crippen LogP contribution in [-0.4, -0.2) is 30.6 Å². The molecule has 0 aromatic rings. The molecule has 90 valence electrons. The Morgan fingerprint density at radius 1 is 1.38 bits per heavy atom. The van der Waals surface area contributed by atoms with Crippen molar-refractivity contribution < 1.29 is 0 Å². The molecule has 0 aromatic heterocycles. The van der Waals surface area contributed by atoms with E-state index in [1.807, 2.05) is 0 Å². The number of fused-ring (bicyclic) bond motifs is 1.